The molecule has 6 aromatic carbocycles. The SMILES string of the molecule is Cc1cc(N=Nc2ccc(NC(=O)Nc3ccc(S(=O)(=O)[O-])cc3)cc2C)ccc1N=Nc1ccc(C(=O)Nc2cc(S(=O)(=O)[O-])c3cccc(S(=O)(=O)[O-])c3c2)cc1.[Na+].[Na+].[Na+]. The molecule has 0 saturated carbocycles. The predicted molar refractivity (Wildman–Crippen MR) is 212 cm³/mol. The standard InChI is InChI=1S/C38H31N7O11S3.3Na/c1-22-18-27(41-38(47)40-25-10-14-30(15-11-25)57(48,49)50)12-16-33(22)45-43-28-13-17-34(23(2)19-28)44-42-26-8-6-24(7-9-26)37(46)39-29-20-32-31(36(21-29)59(54,55)56)4-3-5-35(32)58(51,52)53;;;/h3-21H,1-2H3,(H,39,46)(H2,40,41,47)(H,48,49,50)(H,51,52,53)(H,54,55,56);;;/q;3*+1/p-3. The second kappa shape index (κ2) is 21.8. The maximum Gasteiger partial charge on any atom is 1.00 e. The van der Waals surface area contributed by atoms with Crippen LogP contribution in [0, 0.1) is 13.8 Å². The Morgan fingerprint density at radius 1 is 0.484 bits per heavy atom. The van der Waals surface area contributed by atoms with Crippen LogP contribution in [0.2, 0.25) is 0 Å². The summed E-state index contributed by atoms with van der Waals surface area (Å²) in [6.45, 7) is 3.57. The van der Waals surface area contributed by atoms with Gasteiger partial charge in [-0.25, -0.2) is 30.0 Å². The number of fused-ring (bicyclic) bond motifs is 1. The predicted octanol–water partition coefficient (Wildman–Crippen LogP) is -1.09. The smallest absolute Gasteiger partial charge is 0.744 e. The molecule has 302 valence electrons. The first kappa shape index (κ1) is 52.6. The average Bonchev–Trinajstić information content (AvgIpc) is 3.16. The fraction of sp³-hybridized carbons (Fsp3) is 0.0526. The summed E-state index contributed by atoms with van der Waals surface area (Å²) < 4.78 is 105. The molecule has 0 spiro atoms. The number of aryl methyl sites for hydroxylation is 2. The second-order valence-corrected chi connectivity index (χ2v) is 16.7. The van der Waals surface area contributed by atoms with Gasteiger partial charge in [-0.05, 0) is 128 Å². The third-order valence-corrected chi connectivity index (χ3v) is 11.0. The first-order chi connectivity index (χ1) is 27.7. The molecule has 0 aromatic heterocycles. The van der Waals surface area contributed by atoms with Crippen molar-refractivity contribution >= 4 is 92.9 Å². The summed E-state index contributed by atoms with van der Waals surface area (Å²) in [5.41, 5.74) is 3.96. The molecular formula is C38H28N7Na3O11S3. The zero-order valence-electron chi connectivity index (χ0n) is 33.5. The summed E-state index contributed by atoms with van der Waals surface area (Å²) in [7, 11) is -14.8. The van der Waals surface area contributed by atoms with Crippen molar-refractivity contribution in [2.75, 3.05) is 16.0 Å². The van der Waals surface area contributed by atoms with E-state index >= 15 is 0 Å². The van der Waals surface area contributed by atoms with Gasteiger partial charge in [0.1, 0.15) is 30.4 Å². The normalized spacial score (nSPS) is 11.6. The number of nitrogens with one attached hydrogen (secondary N) is 3. The Balaban J connectivity index is 0.00000341. The fourth-order valence-corrected chi connectivity index (χ4v) is 7.46. The van der Waals surface area contributed by atoms with Gasteiger partial charge in [0.05, 0.1) is 37.4 Å². The molecular weight excluding hydrogens is 896 g/mol. The third-order valence-electron chi connectivity index (χ3n) is 8.43. The number of carbonyl (C=O) groups excluding carboxylic acids is 2. The Hall–Kier alpha value is -3.75. The van der Waals surface area contributed by atoms with E-state index in [-0.39, 0.29) is 116 Å². The van der Waals surface area contributed by atoms with Crippen molar-refractivity contribution in [3.8, 4) is 0 Å². The monoisotopic (exact) mass is 923 g/mol. The number of amides is 3. The van der Waals surface area contributed by atoms with Crippen molar-refractivity contribution < 1.29 is 137 Å². The molecule has 18 nitrogen and oxygen atoms in total. The van der Waals surface area contributed by atoms with E-state index in [4.69, 9.17) is 0 Å². The van der Waals surface area contributed by atoms with Crippen molar-refractivity contribution in [2.45, 2.75) is 28.5 Å². The molecule has 24 heteroatoms. The van der Waals surface area contributed by atoms with Crippen molar-refractivity contribution in [2.24, 2.45) is 20.5 Å². The van der Waals surface area contributed by atoms with Gasteiger partial charge in [0, 0.05) is 33.4 Å². The van der Waals surface area contributed by atoms with Crippen LogP contribution >= 0.6 is 0 Å². The maximum absolute atomic E-state index is 13.0. The molecule has 62 heavy (non-hydrogen) atoms. The van der Waals surface area contributed by atoms with E-state index in [9.17, 15) is 48.5 Å². The van der Waals surface area contributed by atoms with Crippen LogP contribution in [0.3, 0.4) is 0 Å². The minimum atomic E-state index is -5.14. The van der Waals surface area contributed by atoms with Crippen LogP contribution in [0.25, 0.3) is 10.8 Å². The molecule has 0 unspecified atom stereocenters. The maximum atomic E-state index is 13.0. The van der Waals surface area contributed by atoms with Crippen molar-refractivity contribution in [3.05, 3.63) is 132 Å². The molecule has 3 N–H and O–H groups in total. The second-order valence-electron chi connectivity index (χ2n) is 12.7. The Bertz CT molecular complexity index is 3070. The van der Waals surface area contributed by atoms with E-state index in [0.29, 0.717) is 34.0 Å². The number of nitrogens with zero attached hydrogens (tertiary/aromatic N) is 4. The van der Waals surface area contributed by atoms with Crippen LogP contribution in [0.15, 0.2) is 150 Å². The van der Waals surface area contributed by atoms with Gasteiger partial charge in [-0.3, -0.25) is 4.79 Å². The molecule has 0 fully saturated rings. The van der Waals surface area contributed by atoms with Crippen molar-refractivity contribution in [3.63, 3.8) is 0 Å². The zero-order chi connectivity index (χ0) is 42.7. The van der Waals surface area contributed by atoms with Gasteiger partial charge in [0.15, 0.2) is 0 Å². The number of hydrogen-bond donors (Lipinski definition) is 3. The van der Waals surface area contributed by atoms with E-state index in [1.165, 1.54) is 42.5 Å². The first-order valence-electron chi connectivity index (χ1n) is 16.8. The molecule has 0 aliphatic heterocycles. The van der Waals surface area contributed by atoms with Crippen molar-refractivity contribution in [1.29, 1.82) is 0 Å². The molecule has 0 heterocycles. The largest absolute Gasteiger partial charge is 1.00 e. The first-order valence-corrected chi connectivity index (χ1v) is 21.1. The Morgan fingerprint density at radius 2 is 1.02 bits per heavy atom. The Kier molecular flexibility index (Phi) is 18.5. The molecule has 0 atom stereocenters. The molecule has 3 amide bonds. The van der Waals surface area contributed by atoms with E-state index in [0.717, 1.165) is 42.0 Å². The van der Waals surface area contributed by atoms with Gasteiger partial charge >= 0.3 is 94.7 Å². The molecule has 0 aliphatic carbocycles. The number of urea groups is 1. The van der Waals surface area contributed by atoms with Crippen LogP contribution in [-0.2, 0) is 30.4 Å². The van der Waals surface area contributed by atoms with Gasteiger partial charge in [0.2, 0.25) is 0 Å². The zero-order valence-corrected chi connectivity index (χ0v) is 41.9. The van der Waals surface area contributed by atoms with E-state index < -0.39 is 57.0 Å². The summed E-state index contributed by atoms with van der Waals surface area (Å²) in [6, 6.07) is 25.3. The number of anilines is 3. The number of benzene rings is 6. The van der Waals surface area contributed by atoms with Gasteiger partial charge in [-0.1, -0.05) is 12.1 Å². The number of azo groups is 2. The van der Waals surface area contributed by atoms with Gasteiger partial charge in [-0.2, -0.15) is 20.5 Å². The van der Waals surface area contributed by atoms with Gasteiger partial charge in [0.25, 0.3) is 5.91 Å². The summed E-state index contributed by atoms with van der Waals surface area (Å²) in [4.78, 5) is 23.5. The van der Waals surface area contributed by atoms with Gasteiger partial charge in [-0.15, -0.1) is 0 Å². The third kappa shape index (κ3) is 13.6. The summed E-state index contributed by atoms with van der Waals surface area (Å²) >= 11 is 0. The quantitative estimate of drug-likeness (QED) is 0.0797. The fourth-order valence-electron chi connectivity index (χ4n) is 5.58. The van der Waals surface area contributed by atoms with E-state index in [1.807, 2.05) is 0 Å². The summed E-state index contributed by atoms with van der Waals surface area (Å²) in [5.74, 6) is -0.736. The topological polar surface area (TPSA) is 291 Å². The van der Waals surface area contributed by atoms with Crippen molar-refractivity contribution in [1.82, 2.24) is 0 Å². The van der Waals surface area contributed by atoms with Crippen LogP contribution in [-0.4, -0.2) is 50.8 Å². The average molecular weight is 924 g/mol. The summed E-state index contributed by atoms with van der Waals surface area (Å²) in [5, 5.41) is 24.1. The number of hydrogen-bond acceptors (Lipinski definition) is 15. The number of rotatable bonds is 11. The molecule has 6 rings (SSSR count). The van der Waals surface area contributed by atoms with Gasteiger partial charge < -0.3 is 29.6 Å². The van der Waals surface area contributed by atoms with Crippen LogP contribution in [0.1, 0.15) is 21.5 Å². The summed E-state index contributed by atoms with van der Waals surface area (Å²) in [6.07, 6.45) is 0. The minimum absolute atomic E-state index is 0. The molecule has 6 aromatic rings. The Morgan fingerprint density at radius 3 is 1.58 bits per heavy atom. The molecule has 0 bridgehead atoms. The minimum Gasteiger partial charge on any atom is -0.744 e. The van der Waals surface area contributed by atoms with E-state index in [1.54, 1.807) is 50.2 Å². The van der Waals surface area contributed by atoms with Crippen LogP contribution in [0.4, 0.5) is 44.6 Å². The van der Waals surface area contributed by atoms with E-state index in [2.05, 4.69) is 36.4 Å². The molecule has 0 radical (unpaired) electrons. The van der Waals surface area contributed by atoms with Crippen LogP contribution in [0.5, 0.6) is 0 Å². The van der Waals surface area contributed by atoms with Crippen LogP contribution < -0.4 is 105 Å². The number of carbonyl (C=O) groups is 2. The Labute approximate surface area is 422 Å². The molecule has 0 saturated heterocycles. The molecule has 0 aliphatic rings.